The van der Waals surface area contributed by atoms with Crippen LogP contribution in [0.25, 0.3) is 10.9 Å². The number of hydrogen-bond donors (Lipinski definition) is 2. The zero-order valence-electron chi connectivity index (χ0n) is 15.4. The van der Waals surface area contributed by atoms with Crippen LogP contribution in [0.2, 0.25) is 0 Å². The molecule has 0 saturated carbocycles. The van der Waals surface area contributed by atoms with E-state index in [1.165, 1.54) is 24.4 Å². The van der Waals surface area contributed by atoms with Gasteiger partial charge in [0, 0.05) is 35.5 Å². The molecule has 3 heterocycles. The van der Waals surface area contributed by atoms with E-state index in [0.29, 0.717) is 10.1 Å². The van der Waals surface area contributed by atoms with Crippen LogP contribution in [0.15, 0.2) is 41.7 Å². The summed E-state index contributed by atoms with van der Waals surface area (Å²) in [6, 6.07) is 3.17. The average Bonchev–Trinajstić information content (AvgIpc) is 3.14. The lowest BCUT2D eigenvalue weighted by Crippen LogP contribution is -2.40. The molecule has 0 aliphatic carbocycles. The lowest BCUT2D eigenvalue weighted by atomic mass is 9.98. The average molecular weight is 444 g/mol. The van der Waals surface area contributed by atoms with E-state index < -0.39 is 43.1 Å². The summed E-state index contributed by atoms with van der Waals surface area (Å²) in [4.78, 5) is 7.84. The Morgan fingerprint density at radius 1 is 1.23 bits per heavy atom. The maximum atomic E-state index is 14.4. The van der Waals surface area contributed by atoms with Crippen molar-refractivity contribution >= 4 is 28.4 Å². The number of hydrogen-bond acceptors (Lipinski definition) is 6. The molecule has 3 aromatic rings. The number of nitrogens with two attached hydrogens (primary N) is 1. The Hall–Kier alpha value is -3.51. The number of nitrogens with zero attached hydrogens (tertiary/aromatic N) is 4. The highest BCUT2D eigenvalue weighted by atomic mass is 19.4. The summed E-state index contributed by atoms with van der Waals surface area (Å²) >= 11 is 0. The number of benzene rings is 1. The first-order chi connectivity index (χ1) is 14.6. The van der Waals surface area contributed by atoms with Crippen LogP contribution in [0.1, 0.15) is 24.6 Å². The van der Waals surface area contributed by atoms with Crippen molar-refractivity contribution in [1.82, 2.24) is 14.8 Å². The van der Waals surface area contributed by atoms with Crippen LogP contribution in [0.4, 0.5) is 37.8 Å². The molecule has 0 radical (unpaired) electrons. The number of aromatic nitrogens is 3. The van der Waals surface area contributed by atoms with Gasteiger partial charge in [0.2, 0.25) is 0 Å². The van der Waals surface area contributed by atoms with Gasteiger partial charge in [0.1, 0.15) is 11.3 Å². The van der Waals surface area contributed by atoms with Gasteiger partial charge >= 0.3 is 12.7 Å². The zero-order valence-corrected chi connectivity index (χ0v) is 15.4. The van der Waals surface area contributed by atoms with Crippen LogP contribution in [0, 0.1) is 5.82 Å². The highest BCUT2D eigenvalue weighted by Crippen LogP contribution is 2.37. The molecule has 1 aromatic carbocycles. The number of halogens is 6. The largest absolute Gasteiger partial charge is 0.452 e. The number of aliphatic imine (C=N–C) groups is 1. The number of ether oxygens (including phenoxy) is 1. The van der Waals surface area contributed by atoms with Gasteiger partial charge in [0.15, 0.2) is 11.9 Å². The molecule has 0 spiro atoms. The van der Waals surface area contributed by atoms with E-state index in [1.807, 2.05) is 0 Å². The van der Waals surface area contributed by atoms with Crippen molar-refractivity contribution < 1.29 is 31.1 Å². The fraction of sp³-hybridized carbons (Fsp3) is 0.278. The first-order valence-electron chi connectivity index (χ1n) is 8.87. The Kier molecular flexibility index (Phi) is 5.11. The summed E-state index contributed by atoms with van der Waals surface area (Å²) in [5.41, 5.74) is 5.60. The molecule has 31 heavy (non-hydrogen) atoms. The van der Waals surface area contributed by atoms with E-state index in [4.69, 9.17) is 5.73 Å². The molecule has 4 rings (SSSR count). The number of pyridine rings is 1. The minimum atomic E-state index is -4.70. The Balaban J connectivity index is 1.66. The fourth-order valence-corrected chi connectivity index (χ4v) is 3.20. The minimum absolute atomic E-state index is 0.109. The van der Waals surface area contributed by atoms with Gasteiger partial charge in [-0.25, -0.2) is 19.0 Å². The quantitative estimate of drug-likeness (QED) is 0.582. The van der Waals surface area contributed by atoms with Crippen LogP contribution in [0.3, 0.4) is 0 Å². The molecule has 0 saturated heterocycles. The summed E-state index contributed by atoms with van der Waals surface area (Å²) in [6.07, 6.45) is -5.07. The van der Waals surface area contributed by atoms with Crippen LogP contribution < -0.4 is 11.1 Å². The second-order valence-corrected chi connectivity index (χ2v) is 6.71. The number of anilines is 2. The molecule has 1 aliphatic heterocycles. The van der Waals surface area contributed by atoms with Crippen molar-refractivity contribution in [3.05, 3.63) is 48.0 Å². The lowest BCUT2D eigenvalue weighted by molar-refractivity contribution is -0.204. The first-order valence-corrected chi connectivity index (χ1v) is 8.87. The first kappa shape index (κ1) is 20.8. The normalized spacial score (nSPS) is 19.4. The van der Waals surface area contributed by atoms with Gasteiger partial charge in [0.05, 0.1) is 6.04 Å². The van der Waals surface area contributed by atoms with Gasteiger partial charge in [-0.05, 0) is 24.3 Å². The van der Waals surface area contributed by atoms with Crippen molar-refractivity contribution in [2.45, 2.75) is 31.3 Å². The van der Waals surface area contributed by atoms with Gasteiger partial charge in [0.25, 0.3) is 6.02 Å². The molecule has 3 N–H and O–H groups in total. The number of amidine groups is 1. The maximum absolute atomic E-state index is 14.4. The van der Waals surface area contributed by atoms with Crippen LogP contribution in [0.5, 0.6) is 0 Å². The van der Waals surface area contributed by atoms with E-state index in [-0.39, 0.29) is 22.6 Å². The van der Waals surface area contributed by atoms with E-state index in [9.17, 15) is 26.3 Å². The minimum Gasteiger partial charge on any atom is -0.452 e. The molecule has 7 nitrogen and oxygen atoms in total. The molecule has 0 amide bonds. The summed E-state index contributed by atoms with van der Waals surface area (Å²) in [5, 5.41) is 6.98. The Bertz CT molecular complexity index is 1140. The van der Waals surface area contributed by atoms with Crippen LogP contribution in [-0.2, 0) is 4.74 Å². The highest BCUT2D eigenvalue weighted by Gasteiger charge is 2.46. The number of rotatable bonds is 4. The molecule has 0 bridgehead atoms. The Labute approximate surface area is 170 Å². The van der Waals surface area contributed by atoms with Crippen LogP contribution in [-0.4, -0.2) is 33.1 Å². The Morgan fingerprint density at radius 3 is 2.71 bits per heavy atom. The smallest absolute Gasteiger partial charge is 0.425 e. The van der Waals surface area contributed by atoms with Gasteiger partial charge in [-0.1, -0.05) is 0 Å². The predicted molar refractivity (Wildman–Crippen MR) is 98.4 cm³/mol. The molecule has 2 unspecified atom stereocenters. The van der Waals surface area contributed by atoms with Crippen LogP contribution >= 0.6 is 0 Å². The third-order valence-corrected chi connectivity index (χ3v) is 4.61. The van der Waals surface area contributed by atoms with E-state index in [1.54, 1.807) is 0 Å². The fourth-order valence-electron chi connectivity index (χ4n) is 3.20. The molecule has 1 aliphatic rings. The van der Waals surface area contributed by atoms with Gasteiger partial charge in [-0.15, -0.1) is 0 Å². The number of alkyl halides is 5. The highest BCUT2D eigenvalue weighted by molar-refractivity contribution is 5.89. The van der Waals surface area contributed by atoms with Gasteiger partial charge in [-0.3, -0.25) is 0 Å². The van der Waals surface area contributed by atoms with Crippen molar-refractivity contribution in [2.75, 3.05) is 5.32 Å². The molecular weight excluding hydrogens is 430 g/mol. The number of fused-ring (bicyclic) bond motifs is 1. The predicted octanol–water partition coefficient (Wildman–Crippen LogP) is 4.42. The second-order valence-electron chi connectivity index (χ2n) is 6.71. The number of nitrogens with one attached hydrogen (secondary N) is 1. The molecule has 2 atom stereocenters. The van der Waals surface area contributed by atoms with Crippen molar-refractivity contribution in [3.63, 3.8) is 0 Å². The zero-order chi connectivity index (χ0) is 22.3. The summed E-state index contributed by atoms with van der Waals surface area (Å²) in [7, 11) is 0. The van der Waals surface area contributed by atoms with Gasteiger partial charge in [-0.2, -0.15) is 27.1 Å². The van der Waals surface area contributed by atoms with E-state index >= 15 is 0 Å². The standard InChI is InChI=1S/C18H14F6N6O/c19-11-2-1-9(5-10(11)12-6-13(18(22,23)24)31-17(25)28-12)27-15-14-8(3-4-26-15)7-30(29-14)16(20)21/h1-5,7,12-13,16H,6H2,(H2,25,28)(H,26,27). The lowest BCUT2D eigenvalue weighted by Gasteiger charge is -2.29. The third-order valence-electron chi connectivity index (χ3n) is 4.61. The molecule has 2 aromatic heterocycles. The third kappa shape index (κ3) is 4.20. The van der Waals surface area contributed by atoms with Crippen molar-refractivity contribution in [2.24, 2.45) is 10.7 Å². The second kappa shape index (κ2) is 7.63. The SMILES string of the molecule is NC1=NC(c2cc(Nc3nccc4cn(C(F)F)nc34)ccc2F)CC(C(F)(F)F)O1. The molecule has 13 heteroatoms. The Morgan fingerprint density at radius 2 is 2.00 bits per heavy atom. The maximum Gasteiger partial charge on any atom is 0.425 e. The molecule has 164 valence electrons. The monoisotopic (exact) mass is 444 g/mol. The topological polar surface area (TPSA) is 90.3 Å². The van der Waals surface area contributed by atoms with Gasteiger partial charge < -0.3 is 15.8 Å². The van der Waals surface area contributed by atoms with Crippen molar-refractivity contribution in [1.29, 1.82) is 0 Å². The summed E-state index contributed by atoms with van der Waals surface area (Å²) < 4.78 is 84.4. The van der Waals surface area contributed by atoms with Crippen molar-refractivity contribution in [3.8, 4) is 0 Å². The van der Waals surface area contributed by atoms with E-state index in [2.05, 4.69) is 25.1 Å². The molecular formula is C18H14F6N6O. The summed E-state index contributed by atoms with van der Waals surface area (Å²) in [5.74, 6) is -0.680. The summed E-state index contributed by atoms with van der Waals surface area (Å²) in [6.45, 7) is -2.85. The molecule has 0 fully saturated rings. The van der Waals surface area contributed by atoms with E-state index in [0.717, 1.165) is 12.3 Å².